The third-order valence-electron chi connectivity index (χ3n) is 4.04. The Labute approximate surface area is 136 Å². The zero-order valence-corrected chi connectivity index (χ0v) is 13.4. The lowest BCUT2D eigenvalue weighted by Gasteiger charge is -2.37. The first-order valence-corrected chi connectivity index (χ1v) is 7.50. The fourth-order valence-electron chi connectivity index (χ4n) is 2.91. The second-order valence-corrected chi connectivity index (χ2v) is 5.70. The topological polar surface area (TPSA) is 48.5 Å². The molecular formula is C14H20Cl2N4O. The molecule has 2 aliphatic rings. The first-order chi connectivity index (χ1) is 9.75. The molecule has 21 heavy (non-hydrogen) atoms. The molecule has 0 saturated carbocycles. The fourth-order valence-corrected chi connectivity index (χ4v) is 3.15. The predicted molar refractivity (Wildman–Crippen MR) is 86.3 cm³/mol. The van der Waals surface area contributed by atoms with Crippen molar-refractivity contribution in [1.82, 2.24) is 15.2 Å². The van der Waals surface area contributed by atoms with Gasteiger partial charge in [0.2, 0.25) is 5.91 Å². The highest BCUT2D eigenvalue weighted by atomic mass is 35.5. The molecule has 1 aromatic heterocycles. The Morgan fingerprint density at radius 1 is 1.33 bits per heavy atom. The minimum Gasteiger partial charge on any atom is -0.367 e. The number of aromatic nitrogens is 1. The highest BCUT2D eigenvalue weighted by molar-refractivity contribution is 6.33. The van der Waals surface area contributed by atoms with Crippen LogP contribution in [0.5, 0.6) is 0 Å². The summed E-state index contributed by atoms with van der Waals surface area (Å²) in [6.45, 7) is 4.12. The molecule has 2 fully saturated rings. The number of halogens is 2. The number of nitrogens with zero attached hydrogens (tertiary/aromatic N) is 3. The van der Waals surface area contributed by atoms with Crippen LogP contribution >= 0.6 is 24.0 Å². The van der Waals surface area contributed by atoms with Gasteiger partial charge in [0.15, 0.2) is 0 Å². The molecule has 0 radical (unpaired) electrons. The Kier molecular flexibility index (Phi) is 5.67. The van der Waals surface area contributed by atoms with E-state index < -0.39 is 0 Å². The summed E-state index contributed by atoms with van der Waals surface area (Å²) in [4.78, 5) is 20.5. The molecule has 0 bridgehead atoms. The van der Waals surface area contributed by atoms with Crippen LogP contribution in [0.4, 0.5) is 5.69 Å². The number of amides is 1. The van der Waals surface area contributed by atoms with Crippen molar-refractivity contribution in [3.63, 3.8) is 0 Å². The molecular weight excluding hydrogens is 311 g/mol. The van der Waals surface area contributed by atoms with Gasteiger partial charge in [0, 0.05) is 38.6 Å². The van der Waals surface area contributed by atoms with Gasteiger partial charge in [0.1, 0.15) is 0 Å². The van der Waals surface area contributed by atoms with E-state index in [-0.39, 0.29) is 24.4 Å². The quantitative estimate of drug-likeness (QED) is 0.894. The molecule has 0 aliphatic carbocycles. The standard InChI is InChI=1S/C14H19ClN4O.ClH/c15-11-10-16-5-3-13(11)18-6-8-19(9-7-18)14(20)12-2-1-4-17-12;/h3,5,10,12,17H,1-2,4,6-9H2;1H. The van der Waals surface area contributed by atoms with Crippen molar-refractivity contribution in [2.45, 2.75) is 18.9 Å². The van der Waals surface area contributed by atoms with Crippen molar-refractivity contribution in [2.75, 3.05) is 37.6 Å². The van der Waals surface area contributed by atoms with Crippen molar-refractivity contribution >= 4 is 35.6 Å². The van der Waals surface area contributed by atoms with Crippen LogP contribution in [-0.2, 0) is 4.79 Å². The lowest BCUT2D eigenvalue weighted by Crippen LogP contribution is -2.53. The van der Waals surface area contributed by atoms with Crippen LogP contribution in [0.1, 0.15) is 12.8 Å². The number of carbonyl (C=O) groups excluding carboxylic acids is 1. The number of anilines is 1. The monoisotopic (exact) mass is 330 g/mol. The Hall–Kier alpha value is -1.04. The summed E-state index contributed by atoms with van der Waals surface area (Å²) in [5.41, 5.74) is 1.01. The SMILES string of the molecule is Cl.O=C(C1CCCN1)N1CCN(c2ccncc2Cl)CC1. The summed E-state index contributed by atoms with van der Waals surface area (Å²) in [6.07, 6.45) is 5.48. The van der Waals surface area contributed by atoms with E-state index in [1.165, 1.54) is 0 Å². The maximum Gasteiger partial charge on any atom is 0.239 e. The molecule has 2 aliphatic heterocycles. The lowest BCUT2D eigenvalue weighted by molar-refractivity contribution is -0.133. The van der Waals surface area contributed by atoms with E-state index in [1.54, 1.807) is 12.4 Å². The van der Waals surface area contributed by atoms with Gasteiger partial charge in [-0.05, 0) is 25.5 Å². The van der Waals surface area contributed by atoms with Crippen LogP contribution in [0.2, 0.25) is 5.02 Å². The smallest absolute Gasteiger partial charge is 0.239 e. The van der Waals surface area contributed by atoms with Crippen molar-refractivity contribution in [1.29, 1.82) is 0 Å². The van der Waals surface area contributed by atoms with Crippen molar-refractivity contribution in [3.8, 4) is 0 Å². The number of nitrogens with one attached hydrogen (secondary N) is 1. The average molecular weight is 331 g/mol. The normalized spacial score (nSPS) is 22.0. The summed E-state index contributed by atoms with van der Waals surface area (Å²) in [5, 5.41) is 3.94. The number of rotatable bonds is 2. The molecule has 3 heterocycles. The van der Waals surface area contributed by atoms with Crippen LogP contribution in [-0.4, -0.2) is 54.6 Å². The number of hydrogen-bond donors (Lipinski definition) is 1. The third-order valence-corrected chi connectivity index (χ3v) is 4.33. The van der Waals surface area contributed by atoms with E-state index >= 15 is 0 Å². The summed E-state index contributed by atoms with van der Waals surface area (Å²) in [7, 11) is 0. The Morgan fingerprint density at radius 2 is 2.10 bits per heavy atom. The first kappa shape index (κ1) is 16.3. The van der Waals surface area contributed by atoms with Crippen LogP contribution < -0.4 is 10.2 Å². The Bertz CT molecular complexity index is 486. The Balaban J connectivity index is 0.00000161. The molecule has 1 amide bonds. The number of carbonyl (C=O) groups is 1. The summed E-state index contributed by atoms with van der Waals surface area (Å²) in [6, 6.07) is 1.96. The van der Waals surface area contributed by atoms with Gasteiger partial charge in [-0.2, -0.15) is 0 Å². The molecule has 0 spiro atoms. The van der Waals surface area contributed by atoms with Crippen LogP contribution in [0, 0.1) is 0 Å². The van der Waals surface area contributed by atoms with Crippen molar-refractivity contribution in [3.05, 3.63) is 23.5 Å². The van der Waals surface area contributed by atoms with E-state index in [0.717, 1.165) is 51.3 Å². The van der Waals surface area contributed by atoms with Gasteiger partial charge in [0.05, 0.1) is 16.8 Å². The second-order valence-electron chi connectivity index (χ2n) is 5.29. The fraction of sp³-hybridized carbons (Fsp3) is 0.571. The zero-order valence-electron chi connectivity index (χ0n) is 11.8. The van der Waals surface area contributed by atoms with Gasteiger partial charge in [-0.25, -0.2) is 0 Å². The van der Waals surface area contributed by atoms with Gasteiger partial charge in [-0.3, -0.25) is 9.78 Å². The van der Waals surface area contributed by atoms with Crippen molar-refractivity contribution in [2.24, 2.45) is 0 Å². The minimum absolute atomic E-state index is 0. The average Bonchev–Trinajstić information content (AvgIpc) is 3.01. The molecule has 5 nitrogen and oxygen atoms in total. The Morgan fingerprint density at radius 3 is 2.71 bits per heavy atom. The second kappa shape index (κ2) is 7.29. The predicted octanol–water partition coefficient (Wildman–Crippen LogP) is 1.56. The van der Waals surface area contributed by atoms with Crippen molar-refractivity contribution < 1.29 is 4.79 Å². The van der Waals surface area contributed by atoms with E-state index in [2.05, 4.69) is 15.2 Å². The van der Waals surface area contributed by atoms with E-state index in [9.17, 15) is 4.79 Å². The first-order valence-electron chi connectivity index (χ1n) is 7.12. The molecule has 2 saturated heterocycles. The van der Waals surface area contributed by atoms with E-state index in [4.69, 9.17) is 11.6 Å². The third kappa shape index (κ3) is 3.59. The maximum atomic E-state index is 12.3. The maximum absolute atomic E-state index is 12.3. The zero-order chi connectivity index (χ0) is 13.9. The van der Waals surface area contributed by atoms with Gasteiger partial charge >= 0.3 is 0 Å². The number of piperazine rings is 1. The number of pyridine rings is 1. The van der Waals surface area contributed by atoms with Crippen LogP contribution in [0.3, 0.4) is 0 Å². The van der Waals surface area contributed by atoms with E-state index in [1.807, 2.05) is 11.0 Å². The van der Waals surface area contributed by atoms with Gasteiger partial charge in [-0.1, -0.05) is 11.6 Å². The summed E-state index contributed by atoms with van der Waals surface area (Å²) < 4.78 is 0. The molecule has 1 atom stereocenters. The molecule has 3 rings (SSSR count). The highest BCUT2D eigenvalue weighted by Gasteiger charge is 2.29. The van der Waals surface area contributed by atoms with Crippen LogP contribution in [0.25, 0.3) is 0 Å². The molecule has 1 unspecified atom stereocenters. The highest BCUT2D eigenvalue weighted by Crippen LogP contribution is 2.25. The lowest BCUT2D eigenvalue weighted by atomic mass is 10.2. The molecule has 7 heteroatoms. The summed E-state index contributed by atoms with van der Waals surface area (Å²) >= 11 is 6.17. The van der Waals surface area contributed by atoms with Crippen LogP contribution in [0.15, 0.2) is 18.5 Å². The number of hydrogen-bond acceptors (Lipinski definition) is 4. The van der Waals surface area contributed by atoms with Gasteiger partial charge in [-0.15, -0.1) is 12.4 Å². The molecule has 116 valence electrons. The minimum atomic E-state index is 0. The van der Waals surface area contributed by atoms with Gasteiger partial charge in [0.25, 0.3) is 0 Å². The van der Waals surface area contributed by atoms with Gasteiger partial charge < -0.3 is 15.1 Å². The van der Waals surface area contributed by atoms with E-state index in [0.29, 0.717) is 5.02 Å². The molecule has 1 aromatic rings. The molecule has 1 N–H and O–H groups in total. The summed E-state index contributed by atoms with van der Waals surface area (Å²) in [5.74, 6) is 0.253. The largest absolute Gasteiger partial charge is 0.367 e. The molecule has 0 aromatic carbocycles.